The monoisotopic (exact) mass is 526 g/mol. The molecule has 1 aromatic carbocycles. The lowest BCUT2D eigenvalue weighted by Gasteiger charge is -2.33. The summed E-state index contributed by atoms with van der Waals surface area (Å²) in [6.07, 6.45) is -4.99. The number of ether oxygens (including phenoxy) is 2. The highest BCUT2D eigenvalue weighted by molar-refractivity contribution is 6.36. The summed E-state index contributed by atoms with van der Waals surface area (Å²) in [6.45, 7) is 3.80. The van der Waals surface area contributed by atoms with Gasteiger partial charge in [0.1, 0.15) is 10.8 Å². The second-order valence-electron chi connectivity index (χ2n) is 8.52. The van der Waals surface area contributed by atoms with Gasteiger partial charge in [-0.1, -0.05) is 17.7 Å². The van der Waals surface area contributed by atoms with Crippen LogP contribution in [0, 0.1) is 13.8 Å². The number of carbonyl (C=O) groups is 1. The Morgan fingerprint density at radius 3 is 2.50 bits per heavy atom. The number of hydrogen-bond donors (Lipinski definition) is 2. The van der Waals surface area contributed by atoms with E-state index >= 15 is 0 Å². The van der Waals surface area contributed by atoms with Crippen LogP contribution in [0.3, 0.4) is 0 Å². The number of anilines is 1. The summed E-state index contributed by atoms with van der Waals surface area (Å²) in [5.41, 5.74) is 2.66. The fraction of sp³-hybridized carbons (Fsp3) is 0.435. The summed E-state index contributed by atoms with van der Waals surface area (Å²) in [5, 5.41) is 13.8. The van der Waals surface area contributed by atoms with Gasteiger partial charge in [0.05, 0.1) is 26.0 Å². The Morgan fingerprint density at radius 2 is 1.92 bits per heavy atom. The van der Waals surface area contributed by atoms with Gasteiger partial charge in [0.25, 0.3) is 5.91 Å². The summed E-state index contributed by atoms with van der Waals surface area (Å²) >= 11 is 6.42. The molecule has 0 bridgehead atoms. The third-order valence-corrected chi connectivity index (χ3v) is 6.76. The number of aryl methyl sites for hydroxylation is 2. The maximum Gasteiger partial charge on any atom is 0.410 e. The molecule has 1 aliphatic heterocycles. The molecule has 0 saturated carbocycles. The molecular formula is C23H26ClF3N6O3. The number of nitrogens with zero attached hydrogens (tertiary/aromatic N) is 4. The maximum atomic E-state index is 14.1. The molecule has 2 atom stereocenters. The molecule has 1 amide bonds. The highest BCUT2D eigenvalue weighted by Gasteiger charge is 2.48. The van der Waals surface area contributed by atoms with E-state index in [2.05, 4.69) is 20.8 Å². The lowest BCUT2D eigenvalue weighted by Crippen LogP contribution is -2.36. The van der Waals surface area contributed by atoms with Crippen molar-refractivity contribution in [2.45, 2.75) is 45.1 Å². The number of amides is 1. The minimum atomic E-state index is -4.63. The van der Waals surface area contributed by atoms with E-state index in [-0.39, 0.29) is 29.5 Å². The van der Waals surface area contributed by atoms with Crippen molar-refractivity contribution in [3.05, 3.63) is 51.4 Å². The molecule has 194 valence electrons. The lowest BCUT2D eigenvalue weighted by molar-refractivity contribution is -0.173. The largest absolute Gasteiger partial charge is 0.493 e. The standard InChI is InChI=1S/C23H26ClF3N6O3/c1-11-14(12(2)32(3)30-11)10-28-22(34)20-19(24)21-29-15(9-18(23(25,26)27)33(21)31-20)13-6-7-16(35-4)17(8-13)36-5/h6-8,15,18,29H,9-10H2,1-5H3,(H,28,34). The zero-order valence-electron chi connectivity index (χ0n) is 20.3. The highest BCUT2D eigenvalue weighted by Crippen LogP contribution is 2.47. The predicted molar refractivity (Wildman–Crippen MR) is 127 cm³/mol. The Labute approximate surface area is 210 Å². The molecule has 0 spiro atoms. The summed E-state index contributed by atoms with van der Waals surface area (Å²) in [6, 6.07) is 2.12. The first-order valence-corrected chi connectivity index (χ1v) is 11.4. The number of hydrogen-bond acceptors (Lipinski definition) is 6. The van der Waals surface area contributed by atoms with Crippen molar-refractivity contribution in [1.82, 2.24) is 24.9 Å². The molecule has 2 unspecified atom stereocenters. The molecule has 9 nitrogen and oxygen atoms in total. The van der Waals surface area contributed by atoms with Gasteiger partial charge in [-0.25, -0.2) is 4.68 Å². The predicted octanol–water partition coefficient (Wildman–Crippen LogP) is 4.49. The Bertz CT molecular complexity index is 1300. The van der Waals surface area contributed by atoms with Crippen LogP contribution in [0.4, 0.5) is 19.0 Å². The van der Waals surface area contributed by atoms with Gasteiger partial charge in [0.15, 0.2) is 23.2 Å². The third kappa shape index (κ3) is 4.57. The van der Waals surface area contributed by atoms with Crippen LogP contribution in [0.5, 0.6) is 11.5 Å². The van der Waals surface area contributed by atoms with Gasteiger partial charge in [-0.05, 0) is 31.5 Å². The van der Waals surface area contributed by atoms with E-state index < -0.39 is 24.2 Å². The van der Waals surface area contributed by atoms with E-state index in [1.54, 1.807) is 29.9 Å². The van der Waals surface area contributed by atoms with Crippen LogP contribution in [-0.2, 0) is 13.6 Å². The number of carbonyl (C=O) groups excluding carboxylic acids is 1. The lowest BCUT2D eigenvalue weighted by atomic mass is 9.96. The van der Waals surface area contributed by atoms with Crippen LogP contribution in [-0.4, -0.2) is 45.9 Å². The van der Waals surface area contributed by atoms with E-state index in [4.69, 9.17) is 21.1 Å². The number of alkyl halides is 3. The Morgan fingerprint density at radius 1 is 1.22 bits per heavy atom. The number of rotatable bonds is 6. The van der Waals surface area contributed by atoms with E-state index in [9.17, 15) is 18.0 Å². The van der Waals surface area contributed by atoms with Gasteiger partial charge >= 0.3 is 6.18 Å². The molecule has 0 aliphatic carbocycles. The number of nitrogens with one attached hydrogen (secondary N) is 2. The van der Waals surface area contributed by atoms with Gasteiger partial charge in [-0.15, -0.1) is 0 Å². The van der Waals surface area contributed by atoms with Crippen LogP contribution < -0.4 is 20.1 Å². The smallest absolute Gasteiger partial charge is 0.410 e. The first kappa shape index (κ1) is 25.7. The molecule has 4 rings (SSSR count). The van der Waals surface area contributed by atoms with Crippen molar-refractivity contribution < 1.29 is 27.4 Å². The quantitative estimate of drug-likeness (QED) is 0.491. The third-order valence-electron chi connectivity index (χ3n) is 6.41. The normalized spacial score (nSPS) is 17.4. The van der Waals surface area contributed by atoms with Crippen molar-refractivity contribution in [3.63, 3.8) is 0 Å². The highest BCUT2D eigenvalue weighted by atomic mass is 35.5. The second kappa shape index (κ2) is 9.57. The molecule has 2 aromatic heterocycles. The van der Waals surface area contributed by atoms with Crippen molar-refractivity contribution >= 4 is 23.3 Å². The topological polar surface area (TPSA) is 95.2 Å². The van der Waals surface area contributed by atoms with Crippen molar-refractivity contribution in [2.75, 3.05) is 19.5 Å². The molecule has 13 heteroatoms. The number of methoxy groups -OCH3 is 2. The maximum absolute atomic E-state index is 14.1. The SMILES string of the molecule is COc1ccc(C2CC(C(F)(F)F)n3nc(C(=O)NCc4c(C)nn(C)c4C)c(Cl)c3N2)cc1OC. The molecular weight excluding hydrogens is 501 g/mol. The number of aromatic nitrogens is 4. The van der Waals surface area contributed by atoms with Crippen molar-refractivity contribution in [3.8, 4) is 11.5 Å². The minimum Gasteiger partial charge on any atom is -0.493 e. The van der Waals surface area contributed by atoms with Gasteiger partial charge in [-0.2, -0.15) is 23.4 Å². The van der Waals surface area contributed by atoms with Crippen LogP contribution >= 0.6 is 11.6 Å². The molecule has 0 fully saturated rings. The van der Waals surface area contributed by atoms with Gasteiger partial charge in [0, 0.05) is 31.3 Å². The zero-order chi connectivity index (χ0) is 26.4. The minimum absolute atomic E-state index is 0.0797. The Kier molecular flexibility index (Phi) is 6.82. The van der Waals surface area contributed by atoms with Crippen molar-refractivity contribution in [2.24, 2.45) is 7.05 Å². The fourth-order valence-corrected chi connectivity index (χ4v) is 4.61. The number of fused-ring (bicyclic) bond motifs is 1. The number of benzene rings is 1. The molecule has 0 radical (unpaired) electrons. The van der Waals surface area contributed by atoms with E-state index in [1.807, 2.05) is 13.8 Å². The molecule has 36 heavy (non-hydrogen) atoms. The van der Waals surface area contributed by atoms with Crippen LogP contribution in [0.1, 0.15) is 51.5 Å². The van der Waals surface area contributed by atoms with Gasteiger partial charge in [-0.3, -0.25) is 9.48 Å². The van der Waals surface area contributed by atoms with E-state index in [0.29, 0.717) is 17.1 Å². The zero-order valence-corrected chi connectivity index (χ0v) is 21.1. The summed E-state index contributed by atoms with van der Waals surface area (Å²) in [5.74, 6) is 0.0657. The van der Waals surface area contributed by atoms with Crippen LogP contribution in [0.15, 0.2) is 18.2 Å². The molecule has 0 saturated heterocycles. The second-order valence-corrected chi connectivity index (χ2v) is 8.89. The van der Waals surface area contributed by atoms with Gasteiger partial charge in [0.2, 0.25) is 0 Å². The number of halogens is 4. The molecule has 3 heterocycles. The van der Waals surface area contributed by atoms with E-state index in [1.165, 1.54) is 14.2 Å². The average molecular weight is 527 g/mol. The Balaban J connectivity index is 1.65. The van der Waals surface area contributed by atoms with E-state index in [0.717, 1.165) is 21.6 Å². The van der Waals surface area contributed by atoms with Crippen LogP contribution in [0.2, 0.25) is 5.02 Å². The summed E-state index contributed by atoms with van der Waals surface area (Å²) in [4.78, 5) is 12.9. The summed E-state index contributed by atoms with van der Waals surface area (Å²) < 4.78 is 55.2. The molecule has 3 aromatic rings. The van der Waals surface area contributed by atoms with Crippen LogP contribution in [0.25, 0.3) is 0 Å². The molecule has 2 N–H and O–H groups in total. The first-order valence-electron chi connectivity index (χ1n) is 11.1. The first-order chi connectivity index (χ1) is 17.0. The average Bonchev–Trinajstić information content (AvgIpc) is 3.30. The summed E-state index contributed by atoms with van der Waals surface area (Å²) in [7, 11) is 4.70. The fourth-order valence-electron chi connectivity index (χ4n) is 4.35. The van der Waals surface area contributed by atoms with Crippen molar-refractivity contribution in [1.29, 1.82) is 0 Å². The Hall–Kier alpha value is -3.41. The molecule has 1 aliphatic rings. The van der Waals surface area contributed by atoms with Gasteiger partial charge < -0.3 is 20.1 Å².